The molecule has 1 N–H and O–H groups in total. The van der Waals surface area contributed by atoms with Crippen LogP contribution in [0.1, 0.15) is 36.1 Å². The smallest absolute Gasteiger partial charge is 0.389 e. The maximum Gasteiger partial charge on any atom is 0.416 e. The van der Waals surface area contributed by atoms with Crippen molar-refractivity contribution in [2.45, 2.75) is 38.2 Å². The van der Waals surface area contributed by atoms with Gasteiger partial charge >= 0.3 is 6.18 Å². The third-order valence-corrected chi connectivity index (χ3v) is 4.29. The number of rotatable bonds is 4. The van der Waals surface area contributed by atoms with Crippen molar-refractivity contribution in [2.24, 2.45) is 0 Å². The lowest BCUT2D eigenvalue weighted by molar-refractivity contribution is -0.138. The zero-order valence-electron chi connectivity index (χ0n) is 13.2. The molecule has 0 radical (unpaired) electrons. The minimum Gasteiger partial charge on any atom is -0.389 e. The lowest BCUT2D eigenvalue weighted by atomic mass is 10.0. The van der Waals surface area contributed by atoms with Gasteiger partial charge in [-0.15, -0.1) is 0 Å². The van der Waals surface area contributed by atoms with Crippen molar-refractivity contribution >= 4 is 0 Å². The Morgan fingerprint density at radius 1 is 1.36 bits per heavy atom. The molecule has 0 aliphatic carbocycles. The van der Waals surface area contributed by atoms with Crippen LogP contribution in [0.5, 0.6) is 0 Å². The van der Waals surface area contributed by atoms with Crippen LogP contribution in [0.15, 0.2) is 18.2 Å². The van der Waals surface area contributed by atoms with E-state index in [1.807, 2.05) is 14.1 Å². The fraction of sp³-hybridized carbons (Fsp3) is 0.625. The first-order chi connectivity index (χ1) is 10.2. The Kier molecular flexibility index (Phi) is 5.14. The van der Waals surface area contributed by atoms with Crippen LogP contribution in [-0.2, 0) is 12.7 Å². The van der Waals surface area contributed by atoms with Gasteiger partial charge in [-0.3, -0.25) is 4.90 Å². The van der Waals surface area contributed by atoms with Gasteiger partial charge in [0.25, 0.3) is 0 Å². The molecule has 1 aliphatic rings. The van der Waals surface area contributed by atoms with Gasteiger partial charge in [-0.05, 0) is 44.6 Å². The highest BCUT2D eigenvalue weighted by Gasteiger charge is 2.35. The summed E-state index contributed by atoms with van der Waals surface area (Å²) >= 11 is 0. The van der Waals surface area contributed by atoms with Crippen LogP contribution < -0.4 is 0 Å². The summed E-state index contributed by atoms with van der Waals surface area (Å²) in [6, 6.07) is 4.54. The van der Waals surface area contributed by atoms with Crippen LogP contribution in [0.4, 0.5) is 13.2 Å². The molecule has 0 spiro atoms. The van der Waals surface area contributed by atoms with Gasteiger partial charge in [0.05, 0.1) is 11.7 Å². The Bertz CT molecular complexity index is 515. The zero-order valence-corrected chi connectivity index (χ0v) is 13.2. The Balaban J connectivity index is 2.20. The second-order valence-electron chi connectivity index (χ2n) is 6.23. The molecule has 6 heteroatoms. The second-order valence-corrected chi connectivity index (χ2v) is 6.23. The molecule has 22 heavy (non-hydrogen) atoms. The van der Waals surface area contributed by atoms with Crippen molar-refractivity contribution in [3.05, 3.63) is 34.9 Å². The fourth-order valence-electron chi connectivity index (χ4n) is 2.87. The van der Waals surface area contributed by atoms with Crippen molar-refractivity contribution in [3.8, 4) is 0 Å². The van der Waals surface area contributed by atoms with Crippen molar-refractivity contribution in [1.82, 2.24) is 9.80 Å². The summed E-state index contributed by atoms with van der Waals surface area (Å²) in [5.74, 6) is 0. The van der Waals surface area contributed by atoms with E-state index in [2.05, 4.69) is 9.80 Å². The first-order valence-electron chi connectivity index (χ1n) is 7.45. The predicted molar refractivity (Wildman–Crippen MR) is 79.4 cm³/mol. The molecule has 0 amide bonds. The number of aliphatic hydroxyl groups is 1. The number of benzene rings is 1. The quantitative estimate of drug-likeness (QED) is 0.925. The molecule has 1 aliphatic heterocycles. The van der Waals surface area contributed by atoms with E-state index < -0.39 is 17.8 Å². The first kappa shape index (κ1) is 17.2. The Hall–Kier alpha value is -1.11. The molecule has 2 atom stereocenters. The number of likely N-dealkylation sites (N-methyl/N-ethyl adjacent to an activating group) is 1. The number of nitrogens with zero attached hydrogens (tertiary/aromatic N) is 2. The maximum atomic E-state index is 13.3. The van der Waals surface area contributed by atoms with Gasteiger partial charge in [0.15, 0.2) is 0 Å². The molecule has 0 saturated carbocycles. The average Bonchev–Trinajstić information content (AvgIpc) is 2.86. The summed E-state index contributed by atoms with van der Waals surface area (Å²) in [5.41, 5.74) is -0.0702. The monoisotopic (exact) mass is 316 g/mol. The highest BCUT2D eigenvalue weighted by molar-refractivity contribution is 5.35. The van der Waals surface area contributed by atoms with Crippen LogP contribution in [-0.4, -0.2) is 48.1 Å². The second kappa shape index (κ2) is 6.56. The van der Waals surface area contributed by atoms with Gasteiger partial charge in [0.2, 0.25) is 0 Å². The van der Waals surface area contributed by atoms with E-state index in [4.69, 9.17) is 0 Å². The van der Waals surface area contributed by atoms with E-state index in [-0.39, 0.29) is 5.56 Å². The minimum atomic E-state index is -4.40. The molecule has 0 aromatic heterocycles. The Morgan fingerprint density at radius 2 is 2.05 bits per heavy atom. The molecule has 1 saturated heterocycles. The van der Waals surface area contributed by atoms with E-state index in [1.54, 1.807) is 6.07 Å². The number of halogens is 3. The molecule has 1 aromatic carbocycles. The van der Waals surface area contributed by atoms with E-state index in [0.29, 0.717) is 18.2 Å². The number of likely N-dealkylation sites (tertiary alicyclic amines) is 1. The van der Waals surface area contributed by atoms with Crippen molar-refractivity contribution in [3.63, 3.8) is 0 Å². The van der Waals surface area contributed by atoms with Crippen LogP contribution in [0.3, 0.4) is 0 Å². The van der Waals surface area contributed by atoms with Crippen LogP contribution in [0.2, 0.25) is 0 Å². The molecular formula is C16H23F3N2O. The highest BCUT2D eigenvalue weighted by atomic mass is 19.4. The van der Waals surface area contributed by atoms with Gasteiger partial charge < -0.3 is 10.0 Å². The van der Waals surface area contributed by atoms with Gasteiger partial charge in [-0.25, -0.2) is 0 Å². The molecule has 2 rings (SSSR count). The molecule has 1 aromatic rings. The third-order valence-electron chi connectivity index (χ3n) is 4.29. The summed E-state index contributed by atoms with van der Waals surface area (Å²) < 4.78 is 39.8. The molecule has 1 fully saturated rings. The van der Waals surface area contributed by atoms with E-state index in [0.717, 1.165) is 25.6 Å². The summed E-state index contributed by atoms with van der Waals surface area (Å²) in [6.45, 7) is 3.34. The maximum absolute atomic E-state index is 13.3. The minimum absolute atomic E-state index is 0.274. The van der Waals surface area contributed by atoms with Gasteiger partial charge in [0.1, 0.15) is 0 Å². The fourth-order valence-corrected chi connectivity index (χ4v) is 2.87. The number of hydrogen-bond acceptors (Lipinski definition) is 3. The van der Waals surface area contributed by atoms with E-state index >= 15 is 0 Å². The molecule has 2 unspecified atom stereocenters. The molecule has 1 heterocycles. The zero-order chi connectivity index (χ0) is 16.5. The normalized spacial score (nSPS) is 21.5. The lowest BCUT2D eigenvalue weighted by Crippen LogP contribution is -2.31. The predicted octanol–water partition coefficient (Wildman–Crippen LogP) is 2.89. The van der Waals surface area contributed by atoms with Crippen LogP contribution in [0, 0.1) is 0 Å². The molecule has 0 bridgehead atoms. The van der Waals surface area contributed by atoms with Crippen molar-refractivity contribution in [2.75, 3.05) is 27.2 Å². The Morgan fingerprint density at radius 3 is 2.55 bits per heavy atom. The number of hydrogen-bond donors (Lipinski definition) is 1. The topological polar surface area (TPSA) is 26.7 Å². The first-order valence-corrected chi connectivity index (χ1v) is 7.45. The van der Waals surface area contributed by atoms with E-state index in [1.165, 1.54) is 13.0 Å². The van der Waals surface area contributed by atoms with Crippen LogP contribution >= 0.6 is 0 Å². The van der Waals surface area contributed by atoms with Crippen molar-refractivity contribution < 1.29 is 18.3 Å². The highest BCUT2D eigenvalue weighted by Crippen LogP contribution is 2.34. The largest absolute Gasteiger partial charge is 0.416 e. The van der Waals surface area contributed by atoms with Crippen LogP contribution in [0.25, 0.3) is 0 Å². The van der Waals surface area contributed by atoms with E-state index in [9.17, 15) is 18.3 Å². The summed E-state index contributed by atoms with van der Waals surface area (Å²) in [6.07, 6.45) is -4.33. The van der Waals surface area contributed by atoms with Crippen molar-refractivity contribution in [1.29, 1.82) is 0 Å². The summed E-state index contributed by atoms with van der Waals surface area (Å²) in [4.78, 5) is 4.17. The number of aliphatic hydroxyl groups excluding tert-OH is 1. The summed E-state index contributed by atoms with van der Waals surface area (Å²) in [7, 11) is 3.99. The average molecular weight is 316 g/mol. The standard InChI is InChI=1S/C16H23F3N2O/c1-11(22)12-4-5-13(15(8-12)16(17,18)19)9-21-7-6-14(10-21)20(2)3/h4-5,8,11,14,22H,6-7,9-10H2,1-3H3. The lowest BCUT2D eigenvalue weighted by Gasteiger charge is -2.22. The van der Waals surface area contributed by atoms with Gasteiger partial charge in [-0.2, -0.15) is 13.2 Å². The Labute approximate surface area is 129 Å². The van der Waals surface area contributed by atoms with Gasteiger partial charge in [-0.1, -0.05) is 12.1 Å². The molecular weight excluding hydrogens is 293 g/mol. The molecule has 124 valence electrons. The SMILES string of the molecule is CC(O)c1ccc(CN2CCC(N(C)C)C2)c(C(F)(F)F)c1. The van der Waals surface area contributed by atoms with Gasteiger partial charge in [0, 0.05) is 25.7 Å². The number of alkyl halides is 3. The summed E-state index contributed by atoms with van der Waals surface area (Å²) in [5, 5.41) is 9.50. The molecule has 3 nitrogen and oxygen atoms in total. The third kappa shape index (κ3) is 4.00.